The first-order valence-corrected chi connectivity index (χ1v) is 9.45. The third-order valence-electron chi connectivity index (χ3n) is 4.79. The lowest BCUT2D eigenvalue weighted by molar-refractivity contribution is 0.293. The lowest BCUT2D eigenvalue weighted by Crippen LogP contribution is -2.44. The summed E-state index contributed by atoms with van der Waals surface area (Å²) in [6.07, 6.45) is 2.13. The van der Waals surface area contributed by atoms with E-state index in [4.69, 9.17) is 23.8 Å². The van der Waals surface area contributed by atoms with Gasteiger partial charge in [0, 0.05) is 35.7 Å². The van der Waals surface area contributed by atoms with Crippen LogP contribution in [0.4, 0.5) is 5.69 Å². The molecular formula is C21H20ClN3S. The Morgan fingerprint density at radius 1 is 1.04 bits per heavy atom. The molecular weight excluding hydrogens is 362 g/mol. The fourth-order valence-electron chi connectivity index (χ4n) is 3.43. The summed E-state index contributed by atoms with van der Waals surface area (Å²) in [4.78, 5) is 2.26. The molecule has 26 heavy (non-hydrogen) atoms. The molecule has 0 saturated heterocycles. The van der Waals surface area contributed by atoms with Gasteiger partial charge in [-0.2, -0.15) is 0 Å². The zero-order valence-corrected chi connectivity index (χ0v) is 16.1. The van der Waals surface area contributed by atoms with E-state index in [0.717, 1.165) is 28.9 Å². The van der Waals surface area contributed by atoms with Gasteiger partial charge in [-0.25, -0.2) is 0 Å². The molecule has 0 spiro atoms. The molecule has 0 radical (unpaired) electrons. The number of benzene rings is 2. The van der Waals surface area contributed by atoms with Gasteiger partial charge in [-0.15, -0.1) is 0 Å². The molecule has 4 rings (SSSR count). The van der Waals surface area contributed by atoms with Gasteiger partial charge in [0.1, 0.15) is 0 Å². The average Bonchev–Trinajstić information content (AvgIpc) is 3.12. The highest BCUT2D eigenvalue weighted by Crippen LogP contribution is 2.33. The molecule has 132 valence electrons. The minimum absolute atomic E-state index is 0.0708. The number of fused-ring (bicyclic) bond motifs is 1. The molecule has 0 amide bonds. The third kappa shape index (κ3) is 3.35. The highest BCUT2D eigenvalue weighted by atomic mass is 35.5. The van der Waals surface area contributed by atoms with Gasteiger partial charge in [0.15, 0.2) is 5.11 Å². The van der Waals surface area contributed by atoms with E-state index in [1.807, 2.05) is 12.1 Å². The maximum absolute atomic E-state index is 6.09. The second-order valence-electron chi connectivity index (χ2n) is 6.57. The summed E-state index contributed by atoms with van der Waals surface area (Å²) >= 11 is 11.9. The van der Waals surface area contributed by atoms with Crippen LogP contribution in [0.25, 0.3) is 0 Å². The number of aromatic nitrogens is 1. The van der Waals surface area contributed by atoms with Crippen molar-refractivity contribution in [2.24, 2.45) is 0 Å². The number of nitrogens with zero attached hydrogens (tertiary/aromatic N) is 2. The lowest BCUT2D eigenvalue weighted by Gasteiger charge is -2.39. The Kier molecular flexibility index (Phi) is 4.70. The molecule has 0 fully saturated rings. The van der Waals surface area contributed by atoms with E-state index in [1.165, 1.54) is 16.8 Å². The molecule has 2 heterocycles. The van der Waals surface area contributed by atoms with E-state index in [1.54, 1.807) is 0 Å². The number of rotatable bonds is 2. The van der Waals surface area contributed by atoms with Gasteiger partial charge in [-0.05, 0) is 61.1 Å². The fourth-order valence-corrected chi connectivity index (χ4v) is 3.87. The Morgan fingerprint density at radius 2 is 1.77 bits per heavy atom. The van der Waals surface area contributed by atoms with Crippen LogP contribution in [-0.4, -0.2) is 21.1 Å². The predicted octanol–water partition coefficient (Wildman–Crippen LogP) is 5.25. The minimum atomic E-state index is 0.0708. The molecule has 0 aliphatic carbocycles. The Labute approximate surface area is 164 Å². The highest BCUT2D eigenvalue weighted by molar-refractivity contribution is 7.80. The first-order chi connectivity index (χ1) is 12.6. The smallest absolute Gasteiger partial charge is 0.174 e. The van der Waals surface area contributed by atoms with Crippen LogP contribution in [0.1, 0.15) is 22.9 Å². The van der Waals surface area contributed by atoms with Gasteiger partial charge < -0.3 is 14.8 Å². The second-order valence-corrected chi connectivity index (χ2v) is 7.39. The van der Waals surface area contributed by atoms with Gasteiger partial charge in [-0.1, -0.05) is 41.4 Å². The molecule has 1 N–H and O–H groups in total. The van der Waals surface area contributed by atoms with Crippen molar-refractivity contribution in [2.75, 3.05) is 11.9 Å². The Hall–Kier alpha value is -2.30. The van der Waals surface area contributed by atoms with Crippen molar-refractivity contribution in [3.8, 4) is 0 Å². The molecule has 0 unspecified atom stereocenters. The van der Waals surface area contributed by atoms with E-state index < -0.39 is 0 Å². The van der Waals surface area contributed by atoms with Crippen molar-refractivity contribution in [3.05, 3.63) is 88.7 Å². The molecule has 0 saturated carbocycles. The van der Waals surface area contributed by atoms with Crippen LogP contribution < -0.4 is 5.32 Å². The average molecular weight is 382 g/mol. The molecule has 0 bridgehead atoms. The van der Waals surface area contributed by atoms with E-state index in [-0.39, 0.29) is 6.04 Å². The monoisotopic (exact) mass is 381 g/mol. The summed E-state index contributed by atoms with van der Waals surface area (Å²) in [6.45, 7) is 3.85. The summed E-state index contributed by atoms with van der Waals surface area (Å²) in [5, 5.41) is 4.87. The van der Waals surface area contributed by atoms with Gasteiger partial charge in [0.2, 0.25) is 0 Å². The Morgan fingerprint density at radius 3 is 2.50 bits per heavy atom. The Bertz CT molecular complexity index is 915. The maximum atomic E-state index is 6.09. The van der Waals surface area contributed by atoms with Crippen LogP contribution in [-0.2, 0) is 6.54 Å². The normalized spacial score (nSPS) is 16.2. The third-order valence-corrected chi connectivity index (χ3v) is 5.38. The SMILES string of the molecule is Cc1ccc(NC(=S)N2CCn3cccc3[C@@H]2c2ccc(Cl)cc2)cc1. The van der Waals surface area contributed by atoms with Crippen LogP contribution in [0.15, 0.2) is 66.9 Å². The molecule has 5 heteroatoms. The zero-order chi connectivity index (χ0) is 18.1. The first-order valence-electron chi connectivity index (χ1n) is 8.66. The number of nitrogens with one attached hydrogen (secondary N) is 1. The number of hydrogen-bond donors (Lipinski definition) is 1. The molecule has 1 atom stereocenters. The van der Waals surface area contributed by atoms with Gasteiger partial charge >= 0.3 is 0 Å². The highest BCUT2D eigenvalue weighted by Gasteiger charge is 2.30. The number of thiocarbonyl (C=S) groups is 1. The van der Waals surface area contributed by atoms with Gasteiger partial charge in [0.25, 0.3) is 0 Å². The van der Waals surface area contributed by atoms with Crippen molar-refractivity contribution in [1.82, 2.24) is 9.47 Å². The Balaban J connectivity index is 1.66. The summed E-state index contributed by atoms with van der Waals surface area (Å²) in [7, 11) is 0. The second kappa shape index (κ2) is 7.14. The molecule has 1 aromatic heterocycles. The molecule has 2 aromatic carbocycles. The fraction of sp³-hybridized carbons (Fsp3) is 0.190. The van der Waals surface area contributed by atoms with Crippen LogP contribution in [0.5, 0.6) is 0 Å². The lowest BCUT2D eigenvalue weighted by atomic mass is 10.0. The van der Waals surface area contributed by atoms with Gasteiger partial charge in [-0.3, -0.25) is 0 Å². The largest absolute Gasteiger partial charge is 0.348 e. The van der Waals surface area contributed by atoms with Gasteiger partial charge in [0.05, 0.1) is 6.04 Å². The van der Waals surface area contributed by atoms with E-state index >= 15 is 0 Å². The molecule has 1 aliphatic rings. The molecule has 3 aromatic rings. The predicted molar refractivity (Wildman–Crippen MR) is 112 cm³/mol. The summed E-state index contributed by atoms with van der Waals surface area (Å²) in [6, 6.07) is 20.7. The van der Waals surface area contributed by atoms with Crippen molar-refractivity contribution in [1.29, 1.82) is 0 Å². The van der Waals surface area contributed by atoms with Crippen molar-refractivity contribution >= 4 is 34.6 Å². The summed E-state index contributed by atoms with van der Waals surface area (Å²) in [5.74, 6) is 0. The molecule has 3 nitrogen and oxygen atoms in total. The number of aryl methyl sites for hydroxylation is 1. The van der Waals surface area contributed by atoms with Crippen molar-refractivity contribution in [3.63, 3.8) is 0 Å². The first kappa shape index (κ1) is 17.1. The maximum Gasteiger partial charge on any atom is 0.174 e. The number of anilines is 1. The van der Waals surface area contributed by atoms with E-state index in [2.05, 4.69) is 76.4 Å². The molecule has 1 aliphatic heterocycles. The van der Waals surface area contributed by atoms with Crippen molar-refractivity contribution < 1.29 is 0 Å². The van der Waals surface area contributed by atoms with E-state index in [9.17, 15) is 0 Å². The van der Waals surface area contributed by atoms with Crippen LogP contribution in [0.2, 0.25) is 5.02 Å². The van der Waals surface area contributed by atoms with Crippen LogP contribution >= 0.6 is 23.8 Å². The zero-order valence-electron chi connectivity index (χ0n) is 14.5. The number of hydrogen-bond acceptors (Lipinski definition) is 1. The van der Waals surface area contributed by atoms with Crippen LogP contribution in [0, 0.1) is 6.92 Å². The van der Waals surface area contributed by atoms with Crippen LogP contribution in [0.3, 0.4) is 0 Å². The summed E-state index contributed by atoms with van der Waals surface area (Å²) < 4.78 is 2.30. The standard InChI is InChI=1S/C21H20ClN3S/c1-15-4-10-18(11-5-15)23-21(26)25-14-13-24-12-2-3-19(24)20(25)16-6-8-17(22)9-7-16/h2-12,20H,13-14H2,1H3,(H,23,26)/t20-/m0/s1. The number of halogens is 1. The topological polar surface area (TPSA) is 20.2 Å². The van der Waals surface area contributed by atoms with E-state index in [0.29, 0.717) is 0 Å². The van der Waals surface area contributed by atoms with Crippen molar-refractivity contribution in [2.45, 2.75) is 19.5 Å². The quantitative estimate of drug-likeness (QED) is 0.612. The summed E-state index contributed by atoms with van der Waals surface area (Å²) in [5.41, 5.74) is 4.67. The minimum Gasteiger partial charge on any atom is -0.348 e.